The second-order valence-electron chi connectivity index (χ2n) is 6.55. The average molecular weight is 259 g/mol. The van der Waals surface area contributed by atoms with Crippen molar-refractivity contribution in [3.63, 3.8) is 0 Å². The quantitative estimate of drug-likeness (QED) is 0.394. The molecule has 0 aromatic rings. The van der Waals surface area contributed by atoms with Crippen molar-refractivity contribution in [1.82, 2.24) is 4.90 Å². The number of hydrogen-bond acceptors (Lipinski definition) is 2. The molecule has 0 saturated heterocycles. The Morgan fingerprint density at radius 2 is 1.33 bits per heavy atom. The van der Waals surface area contributed by atoms with E-state index in [-0.39, 0.29) is 0 Å². The largest absolute Gasteiger partial charge is 0.381 e. The van der Waals surface area contributed by atoms with Gasteiger partial charge in [-0.15, -0.1) is 0 Å². The van der Waals surface area contributed by atoms with Crippen molar-refractivity contribution < 1.29 is 9.22 Å². The minimum absolute atomic E-state index is 0.947. The third kappa shape index (κ3) is 15.9. The zero-order valence-corrected chi connectivity index (χ0v) is 13.4. The van der Waals surface area contributed by atoms with Crippen molar-refractivity contribution in [2.75, 3.05) is 61.5 Å². The van der Waals surface area contributed by atoms with Crippen molar-refractivity contribution in [3.8, 4) is 0 Å². The van der Waals surface area contributed by atoms with Gasteiger partial charge in [-0.1, -0.05) is 0 Å². The van der Waals surface area contributed by atoms with Gasteiger partial charge >= 0.3 is 0 Å². The predicted octanol–water partition coefficient (Wildman–Crippen LogP) is 2.61. The summed E-state index contributed by atoms with van der Waals surface area (Å²) in [5, 5.41) is 0. The van der Waals surface area contributed by atoms with E-state index in [0.717, 1.165) is 17.7 Å². The average Bonchev–Trinajstić information content (AvgIpc) is 2.24. The first kappa shape index (κ1) is 17.9. The van der Waals surface area contributed by atoms with Gasteiger partial charge in [-0.3, -0.25) is 0 Å². The Bertz CT molecular complexity index is 176. The summed E-state index contributed by atoms with van der Waals surface area (Å²) in [5.74, 6) is 0. The molecule has 0 aliphatic heterocycles. The highest BCUT2D eigenvalue weighted by Gasteiger charge is 2.04. The Labute approximate surface area is 115 Å². The number of unbranched alkanes of at least 4 members (excludes halogenated alkanes) is 4. The minimum Gasteiger partial charge on any atom is -0.381 e. The fourth-order valence-electron chi connectivity index (χ4n) is 1.88. The van der Waals surface area contributed by atoms with Gasteiger partial charge in [0.05, 0.1) is 27.7 Å². The van der Waals surface area contributed by atoms with E-state index in [1.54, 1.807) is 0 Å². The molecule has 0 aliphatic carbocycles. The van der Waals surface area contributed by atoms with Crippen LogP contribution in [0, 0.1) is 0 Å². The number of hydrogen-bond donors (Lipinski definition) is 0. The zero-order valence-electron chi connectivity index (χ0n) is 13.4. The van der Waals surface area contributed by atoms with E-state index in [1.165, 1.54) is 51.6 Å². The van der Waals surface area contributed by atoms with Crippen LogP contribution in [0.15, 0.2) is 0 Å². The standard InChI is InChI=1S/C15H35N2O/c1-16(2)12-8-6-10-14-18-15-11-7-9-13-17(3,4)5/h6-15H2,1-5H3/q+1. The Morgan fingerprint density at radius 1 is 0.778 bits per heavy atom. The normalized spacial score (nSPS) is 12.3. The molecule has 0 N–H and O–H groups in total. The Morgan fingerprint density at radius 3 is 1.83 bits per heavy atom. The lowest BCUT2D eigenvalue weighted by molar-refractivity contribution is -0.870. The molecular weight excluding hydrogens is 224 g/mol. The van der Waals surface area contributed by atoms with E-state index in [1.807, 2.05) is 0 Å². The van der Waals surface area contributed by atoms with Crippen LogP contribution < -0.4 is 0 Å². The van der Waals surface area contributed by atoms with Crippen LogP contribution >= 0.6 is 0 Å². The SMILES string of the molecule is CN(C)CCCCCOCCCCC[N+](C)(C)C. The van der Waals surface area contributed by atoms with E-state index in [4.69, 9.17) is 4.74 Å². The summed E-state index contributed by atoms with van der Waals surface area (Å²) >= 11 is 0. The summed E-state index contributed by atoms with van der Waals surface area (Å²) in [7, 11) is 11.0. The number of rotatable bonds is 12. The molecule has 0 radical (unpaired) electrons. The smallest absolute Gasteiger partial charge is 0.0780 e. The first-order chi connectivity index (χ1) is 8.42. The van der Waals surface area contributed by atoms with Crippen molar-refractivity contribution >= 4 is 0 Å². The first-order valence-electron chi connectivity index (χ1n) is 7.45. The second-order valence-corrected chi connectivity index (χ2v) is 6.55. The molecule has 0 bridgehead atoms. The maximum Gasteiger partial charge on any atom is 0.0780 e. The molecule has 0 fully saturated rings. The summed E-state index contributed by atoms with van der Waals surface area (Å²) in [6, 6.07) is 0. The predicted molar refractivity (Wildman–Crippen MR) is 80.0 cm³/mol. The van der Waals surface area contributed by atoms with Gasteiger partial charge in [-0.2, -0.15) is 0 Å². The minimum atomic E-state index is 0.947. The molecule has 0 aromatic carbocycles. The van der Waals surface area contributed by atoms with Gasteiger partial charge in [0.15, 0.2) is 0 Å². The summed E-state index contributed by atoms with van der Waals surface area (Å²) in [4.78, 5) is 2.24. The lowest BCUT2D eigenvalue weighted by Gasteiger charge is -2.23. The number of nitrogens with zero attached hydrogens (tertiary/aromatic N) is 2. The van der Waals surface area contributed by atoms with Crippen molar-refractivity contribution in [2.24, 2.45) is 0 Å². The molecule has 0 saturated carbocycles. The van der Waals surface area contributed by atoms with Crippen molar-refractivity contribution in [2.45, 2.75) is 38.5 Å². The third-order valence-corrected chi connectivity index (χ3v) is 3.01. The number of quaternary nitrogens is 1. The highest BCUT2D eigenvalue weighted by molar-refractivity contribution is 4.46. The fourth-order valence-corrected chi connectivity index (χ4v) is 1.88. The second kappa shape index (κ2) is 10.8. The van der Waals surface area contributed by atoms with Crippen LogP contribution in [0.5, 0.6) is 0 Å². The molecule has 0 unspecified atom stereocenters. The fraction of sp³-hybridized carbons (Fsp3) is 1.00. The van der Waals surface area contributed by atoms with Crippen LogP contribution in [-0.4, -0.2) is 70.9 Å². The van der Waals surface area contributed by atoms with Crippen LogP contribution in [-0.2, 0) is 4.74 Å². The van der Waals surface area contributed by atoms with Gasteiger partial charge in [-0.05, 0) is 59.2 Å². The van der Waals surface area contributed by atoms with Gasteiger partial charge in [0.2, 0.25) is 0 Å². The third-order valence-electron chi connectivity index (χ3n) is 3.01. The zero-order chi connectivity index (χ0) is 13.9. The van der Waals surface area contributed by atoms with Gasteiger partial charge in [-0.25, -0.2) is 0 Å². The summed E-state index contributed by atoms with van der Waals surface area (Å²) < 4.78 is 6.73. The topological polar surface area (TPSA) is 12.5 Å². The Balaban J connectivity index is 3.04. The molecule has 0 aliphatic rings. The van der Waals surface area contributed by atoms with Crippen molar-refractivity contribution in [1.29, 1.82) is 0 Å². The Kier molecular flexibility index (Phi) is 10.7. The van der Waals surface area contributed by atoms with E-state index in [2.05, 4.69) is 40.1 Å². The van der Waals surface area contributed by atoms with E-state index in [0.29, 0.717) is 0 Å². The molecule has 18 heavy (non-hydrogen) atoms. The molecule has 0 aromatic heterocycles. The summed E-state index contributed by atoms with van der Waals surface area (Å²) in [6.07, 6.45) is 7.63. The molecule has 0 spiro atoms. The molecule has 0 heterocycles. The molecule has 110 valence electrons. The molecule has 3 heteroatoms. The lowest BCUT2D eigenvalue weighted by atomic mass is 10.2. The van der Waals surface area contributed by atoms with Gasteiger partial charge in [0.1, 0.15) is 0 Å². The van der Waals surface area contributed by atoms with E-state index in [9.17, 15) is 0 Å². The summed E-state index contributed by atoms with van der Waals surface area (Å²) in [5.41, 5.74) is 0. The molecule has 3 nitrogen and oxygen atoms in total. The van der Waals surface area contributed by atoms with Gasteiger partial charge < -0.3 is 14.1 Å². The maximum atomic E-state index is 5.65. The highest BCUT2D eigenvalue weighted by atomic mass is 16.5. The first-order valence-corrected chi connectivity index (χ1v) is 7.45. The lowest BCUT2D eigenvalue weighted by Crippen LogP contribution is -2.35. The summed E-state index contributed by atoms with van der Waals surface area (Å²) in [6.45, 7) is 4.36. The van der Waals surface area contributed by atoms with Crippen LogP contribution in [0.1, 0.15) is 38.5 Å². The van der Waals surface area contributed by atoms with E-state index < -0.39 is 0 Å². The van der Waals surface area contributed by atoms with Gasteiger partial charge in [0.25, 0.3) is 0 Å². The van der Waals surface area contributed by atoms with Crippen LogP contribution in [0.2, 0.25) is 0 Å². The molecule has 0 amide bonds. The Hall–Kier alpha value is -0.120. The maximum absolute atomic E-state index is 5.65. The van der Waals surface area contributed by atoms with Crippen LogP contribution in [0.3, 0.4) is 0 Å². The van der Waals surface area contributed by atoms with Crippen molar-refractivity contribution in [3.05, 3.63) is 0 Å². The highest BCUT2D eigenvalue weighted by Crippen LogP contribution is 2.02. The van der Waals surface area contributed by atoms with E-state index >= 15 is 0 Å². The molecular formula is C15H35N2O+. The van der Waals surface area contributed by atoms with Crippen LogP contribution in [0.4, 0.5) is 0 Å². The molecule has 0 atom stereocenters. The van der Waals surface area contributed by atoms with Gasteiger partial charge in [0, 0.05) is 13.2 Å². The van der Waals surface area contributed by atoms with Crippen LogP contribution in [0.25, 0.3) is 0 Å². The number of ether oxygens (including phenoxy) is 1. The monoisotopic (exact) mass is 259 g/mol. The molecule has 0 rings (SSSR count).